The summed E-state index contributed by atoms with van der Waals surface area (Å²) in [5.74, 6) is 0.0213. The van der Waals surface area contributed by atoms with Crippen LogP contribution in [-0.2, 0) is 6.54 Å². The van der Waals surface area contributed by atoms with Gasteiger partial charge in [-0.05, 0) is 48.9 Å². The fourth-order valence-corrected chi connectivity index (χ4v) is 2.86. The van der Waals surface area contributed by atoms with Crippen molar-refractivity contribution >= 4 is 17.3 Å². The highest BCUT2D eigenvalue weighted by Crippen LogP contribution is 2.22. The Bertz CT molecular complexity index is 367. The summed E-state index contributed by atoms with van der Waals surface area (Å²) in [6.45, 7) is 5.26. The van der Waals surface area contributed by atoms with Crippen molar-refractivity contribution in [3.05, 3.63) is 21.9 Å². The molecule has 0 aromatic carbocycles. The van der Waals surface area contributed by atoms with Gasteiger partial charge in [-0.15, -0.1) is 11.3 Å². The Morgan fingerprint density at radius 1 is 1.56 bits per heavy atom. The van der Waals surface area contributed by atoms with E-state index in [0.29, 0.717) is 4.88 Å². The molecule has 1 aliphatic heterocycles. The van der Waals surface area contributed by atoms with Gasteiger partial charge in [0.1, 0.15) is 4.88 Å². The first-order valence-electron chi connectivity index (χ1n) is 5.69. The minimum Gasteiger partial charge on any atom is -0.477 e. The fraction of sp³-hybridized carbons (Fsp3) is 0.583. The van der Waals surface area contributed by atoms with Gasteiger partial charge in [0, 0.05) is 6.54 Å². The lowest BCUT2D eigenvalue weighted by Crippen LogP contribution is -2.32. The van der Waals surface area contributed by atoms with Crippen molar-refractivity contribution < 1.29 is 9.90 Å². The maximum absolute atomic E-state index is 11.0. The maximum Gasteiger partial charge on any atom is 0.346 e. The topological polar surface area (TPSA) is 40.5 Å². The smallest absolute Gasteiger partial charge is 0.346 e. The molecule has 1 aromatic rings. The van der Waals surface area contributed by atoms with Gasteiger partial charge < -0.3 is 5.11 Å². The predicted molar refractivity (Wildman–Crippen MR) is 65.0 cm³/mol. The summed E-state index contributed by atoms with van der Waals surface area (Å²) in [6.07, 6.45) is 2.46. The van der Waals surface area contributed by atoms with Crippen molar-refractivity contribution in [2.45, 2.75) is 26.3 Å². The Kier molecular flexibility index (Phi) is 3.61. The summed E-state index contributed by atoms with van der Waals surface area (Å²) in [7, 11) is 0. The predicted octanol–water partition coefficient (Wildman–Crippen LogP) is 2.68. The van der Waals surface area contributed by atoms with E-state index in [-0.39, 0.29) is 0 Å². The van der Waals surface area contributed by atoms with Crippen molar-refractivity contribution in [1.29, 1.82) is 0 Å². The molecule has 0 unspecified atom stereocenters. The van der Waals surface area contributed by atoms with Crippen LogP contribution in [0.5, 0.6) is 0 Å². The van der Waals surface area contributed by atoms with E-state index in [4.69, 9.17) is 5.11 Å². The van der Waals surface area contributed by atoms with E-state index in [0.717, 1.165) is 31.1 Å². The standard InChI is InChI=1S/C12H17NO2S/c1-9-2-5-13(6-3-9)8-10-4-7-16-11(10)12(14)15/h4,7,9H,2-3,5-6,8H2,1H3,(H,14,15). The van der Waals surface area contributed by atoms with Crippen LogP contribution in [0.3, 0.4) is 0 Å². The number of piperidine rings is 1. The van der Waals surface area contributed by atoms with Crippen molar-refractivity contribution in [2.24, 2.45) is 5.92 Å². The van der Waals surface area contributed by atoms with Gasteiger partial charge in [-0.3, -0.25) is 4.90 Å². The number of carbonyl (C=O) groups is 1. The SMILES string of the molecule is CC1CCN(Cc2ccsc2C(=O)O)CC1. The lowest BCUT2D eigenvalue weighted by Gasteiger charge is -2.30. The molecule has 1 aliphatic rings. The largest absolute Gasteiger partial charge is 0.477 e. The molecule has 16 heavy (non-hydrogen) atoms. The highest BCUT2D eigenvalue weighted by atomic mass is 32.1. The lowest BCUT2D eigenvalue weighted by molar-refractivity contribution is 0.0699. The first-order valence-corrected chi connectivity index (χ1v) is 6.57. The molecule has 2 rings (SSSR count). The number of likely N-dealkylation sites (tertiary alicyclic amines) is 1. The molecule has 1 N–H and O–H groups in total. The van der Waals surface area contributed by atoms with Gasteiger partial charge >= 0.3 is 5.97 Å². The molecule has 2 heterocycles. The third kappa shape index (κ3) is 2.62. The number of carboxylic acids is 1. The summed E-state index contributed by atoms with van der Waals surface area (Å²) in [4.78, 5) is 13.8. The summed E-state index contributed by atoms with van der Waals surface area (Å²) in [6, 6.07) is 1.94. The number of thiophene rings is 1. The van der Waals surface area contributed by atoms with Crippen molar-refractivity contribution in [1.82, 2.24) is 4.90 Å². The molecule has 3 nitrogen and oxygen atoms in total. The maximum atomic E-state index is 11.0. The Morgan fingerprint density at radius 3 is 2.88 bits per heavy atom. The van der Waals surface area contributed by atoms with Gasteiger partial charge in [-0.25, -0.2) is 4.79 Å². The zero-order chi connectivity index (χ0) is 11.5. The van der Waals surface area contributed by atoms with Crippen LogP contribution in [0.25, 0.3) is 0 Å². The van der Waals surface area contributed by atoms with Gasteiger partial charge in [-0.2, -0.15) is 0 Å². The van der Waals surface area contributed by atoms with Crippen molar-refractivity contribution in [3.8, 4) is 0 Å². The monoisotopic (exact) mass is 239 g/mol. The zero-order valence-corrected chi connectivity index (χ0v) is 10.3. The lowest BCUT2D eigenvalue weighted by atomic mass is 9.99. The van der Waals surface area contributed by atoms with E-state index >= 15 is 0 Å². The molecule has 0 radical (unpaired) electrons. The van der Waals surface area contributed by atoms with Crippen LogP contribution < -0.4 is 0 Å². The van der Waals surface area contributed by atoms with E-state index < -0.39 is 5.97 Å². The molecular weight excluding hydrogens is 222 g/mol. The molecule has 0 bridgehead atoms. The van der Waals surface area contributed by atoms with Crippen LogP contribution in [0.15, 0.2) is 11.4 Å². The van der Waals surface area contributed by atoms with Crippen LogP contribution in [0.1, 0.15) is 35.0 Å². The number of aromatic carboxylic acids is 1. The molecule has 0 amide bonds. The molecule has 0 atom stereocenters. The van der Waals surface area contributed by atoms with E-state index in [1.807, 2.05) is 11.4 Å². The Morgan fingerprint density at radius 2 is 2.25 bits per heavy atom. The summed E-state index contributed by atoms with van der Waals surface area (Å²) in [5.41, 5.74) is 0.965. The number of rotatable bonds is 3. The Labute approximate surface area is 99.7 Å². The minimum absolute atomic E-state index is 0.499. The summed E-state index contributed by atoms with van der Waals surface area (Å²) in [5, 5.41) is 10.9. The molecule has 1 saturated heterocycles. The molecule has 4 heteroatoms. The second-order valence-corrected chi connectivity index (χ2v) is 5.45. The van der Waals surface area contributed by atoms with E-state index in [1.165, 1.54) is 24.2 Å². The van der Waals surface area contributed by atoms with Gasteiger partial charge in [0.05, 0.1) is 0 Å². The van der Waals surface area contributed by atoms with Gasteiger partial charge in [0.2, 0.25) is 0 Å². The zero-order valence-electron chi connectivity index (χ0n) is 9.48. The first kappa shape index (κ1) is 11.6. The van der Waals surface area contributed by atoms with E-state index in [2.05, 4.69) is 11.8 Å². The molecule has 88 valence electrons. The molecular formula is C12H17NO2S. The fourth-order valence-electron chi connectivity index (χ4n) is 2.11. The van der Waals surface area contributed by atoms with Crippen LogP contribution in [0.2, 0.25) is 0 Å². The number of carboxylic acid groups (broad SMARTS) is 1. The third-order valence-electron chi connectivity index (χ3n) is 3.21. The summed E-state index contributed by atoms with van der Waals surface area (Å²) >= 11 is 1.32. The van der Waals surface area contributed by atoms with Crippen LogP contribution >= 0.6 is 11.3 Å². The molecule has 0 aliphatic carbocycles. The quantitative estimate of drug-likeness (QED) is 0.881. The minimum atomic E-state index is -0.796. The van der Waals surface area contributed by atoms with Gasteiger partial charge in [-0.1, -0.05) is 6.92 Å². The molecule has 0 saturated carbocycles. The number of hydrogen-bond donors (Lipinski definition) is 1. The van der Waals surface area contributed by atoms with Gasteiger partial charge in [0.15, 0.2) is 0 Å². The van der Waals surface area contributed by atoms with E-state index in [9.17, 15) is 4.79 Å². The Hall–Kier alpha value is -0.870. The number of nitrogens with zero attached hydrogens (tertiary/aromatic N) is 1. The molecule has 1 fully saturated rings. The second kappa shape index (κ2) is 4.97. The van der Waals surface area contributed by atoms with Crippen molar-refractivity contribution in [2.75, 3.05) is 13.1 Å². The molecule has 0 spiro atoms. The van der Waals surface area contributed by atoms with Crippen LogP contribution in [0.4, 0.5) is 0 Å². The second-order valence-electron chi connectivity index (χ2n) is 4.54. The Balaban J connectivity index is 1.98. The highest BCUT2D eigenvalue weighted by molar-refractivity contribution is 7.12. The number of hydrogen-bond acceptors (Lipinski definition) is 3. The van der Waals surface area contributed by atoms with Crippen molar-refractivity contribution in [3.63, 3.8) is 0 Å². The highest BCUT2D eigenvalue weighted by Gasteiger charge is 2.18. The normalized spacial score (nSPS) is 18.8. The first-order chi connectivity index (χ1) is 7.66. The van der Waals surface area contributed by atoms with Crippen LogP contribution in [0, 0.1) is 5.92 Å². The third-order valence-corrected chi connectivity index (χ3v) is 4.16. The summed E-state index contributed by atoms with van der Waals surface area (Å²) < 4.78 is 0. The molecule has 1 aromatic heterocycles. The average molecular weight is 239 g/mol. The van der Waals surface area contributed by atoms with Crippen LogP contribution in [-0.4, -0.2) is 29.1 Å². The van der Waals surface area contributed by atoms with Gasteiger partial charge in [0.25, 0.3) is 0 Å². The average Bonchev–Trinajstić information content (AvgIpc) is 2.69. The van der Waals surface area contributed by atoms with E-state index in [1.54, 1.807) is 0 Å².